The SMILES string of the molecule is CS(=O)(=O)N1C[C@H]2CN(c3cc(Cl)cc4[nH]ncc34)C[C@H]2C1. The van der Waals surface area contributed by atoms with E-state index in [1.54, 1.807) is 4.31 Å². The van der Waals surface area contributed by atoms with Crippen molar-refractivity contribution in [3.8, 4) is 0 Å². The zero-order chi connectivity index (χ0) is 15.5. The summed E-state index contributed by atoms with van der Waals surface area (Å²) in [4.78, 5) is 2.30. The Hall–Kier alpha value is -1.31. The van der Waals surface area contributed by atoms with E-state index in [0.717, 1.165) is 29.7 Å². The Bertz CT molecular complexity index is 820. The highest BCUT2D eigenvalue weighted by atomic mass is 35.5. The molecule has 0 radical (unpaired) electrons. The van der Waals surface area contributed by atoms with E-state index in [-0.39, 0.29) is 0 Å². The molecule has 0 unspecified atom stereocenters. The van der Waals surface area contributed by atoms with Crippen molar-refractivity contribution in [1.29, 1.82) is 0 Å². The number of aromatic nitrogens is 2. The smallest absolute Gasteiger partial charge is 0.211 e. The lowest BCUT2D eigenvalue weighted by molar-refractivity contribution is 0.458. The first-order valence-corrected chi connectivity index (χ1v) is 9.47. The predicted molar refractivity (Wildman–Crippen MR) is 86.7 cm³/mol. The summed E-state index contributed by atoms with van der Waals surface area (Å²) in [5, 5.41) is 8.79. The number of aromatic amines is 1. The first kappa shape index (κ1) is 14.3. The van der Waals surface area contributed by atoms with Crippen LogP contribution in [0.15, 0.2) is 18.3 Å². The maximum absolute atomic E-state index is 11.7. The average Bonchev–Trinajstić information content (AvgIpc) is 3.09. The van der Waals surface area contributed by atoms with Gasteiger partial charge in [-0.1, -0.05) is 11.6 Å². The third kappa shape index (κ3) is 2.28. The molecule has 1 N–H and O–H groups in total. The summed E-state index contributed by atoms with van der Waals surface area (Å²) >= 11 is 6.20. The van der Waals surface area contributed by atoms with Gasteiger partial charge in [0.05, 0.1) is 18.0 Å². The van der Waals surface area contributed by atoms with Gasteiger partial charge in [-0.3, -0.25) is 5.10 Å². The maximum Gasteiger partial charge on any atom is 0.211 e. The lowest BCUT2D eigenvalue weighted by Gasteiger charge is -2.23. The molecule has 2 aliphatic rings. The Balaban J connectivity index is 1.61. The van der Waals surface area contributed by atoms with Crippen LogP contribution in [0.2, 0.25) is 5.02 Å². The number of halogens is 1. The van der Waals surface area contributed by atoms with Crippen LogP contribution in [0.1, 0.15) is 0 Å². The van der Waals surface area contributed by atoms with Gasteiger partial charge in [0, 0.05) is 42.3 Å². The predicted octanol–water partition coefficient (Wildman–Crippen LogP) is 1.54. The van der Waals surface area contributed by atoms with Crippen molar-refractivity contribution >= 4 is 38.2 Å². The number of benzene rings is 1. The van der Waals surface area contributed by atoms with Crippen LogP contribution in [-0.4, -0.2) is 55.4 Å². The number of nitrogens with zero attached hydrogens (tertiary/aromatic N) is 3. The van der Waals surface area contributed by atoms with Crippen LogP contribution in [0.25, 0.3) is 10.9 Å². The Morgan fingerprint density at radius 2 is 1.91 bits per heavy atom. The second-order valence-corrected chi connectivity index (χ2v) is 8.68. The van der Waals surface area contributed by atoms with Crippen molar-refractivity contribution in [2.45, 2.75) is 0 Å². The van der Waals surface area contributed by atoms with Crippen molar-refractivity contribution in [2.24, 2.45) is 11.8 Å². The molecule has 0 saturated carbocycles. The molecule has 1 aromatic heterocycles. The van der Waals surface area contributed by atoms with Crippen LogP contribution >= 0.6 is 11.6 Å². The van der Waals surface area contributed by atoms with Crippen molar-refractivity contribution in [3.05, 3.63) is 23.4 Å². The van der Waals surface area contributed by atoms with Gasteiger partial charge in [0.15, 0.2) is 0 Å². The van der Waals surface area contributed by atoms with E-state index < -0.39 is 10.0 Å². The fourth-order valence-electron chi connectivity index (χ4n) is 3.68. The lowest BCUT2D eigenvalue weighted by Crippen LogP contribution is -2.32. The van der Waals surface area contributed by atoms with E-state index in [2.05, 4.69) is 15.1 Å². The van der Waals surface area contributed by atoms with Crippen molar-refractivity contribution in [1.82, 2.24) is 14.5 Å². The minimum absolute atomic E-state index is 0.385. The highest BCUT2D eigenvalue weighted by Crippen LogP contribution is 2.38. The summed E-state index contributed by atoms with van der Waals surface area (Å²) in [5.74, 6) is 0.770. The van der Waals surface area contributed by atoms with Crippen molar-refractivity contribution < 1.29 is 8.42 Å². The van der Waals surface area contributed by atoms with Crippen LogP contribution in [-0.2, 0) is 10.0 Å². The highest BCUT2D eigenvalue weighted by molar-refractivity contribution is 7.88. The molecule has 2 aliphatic heterocycles. The van der Waals surface area contributed by atoms with Gasteiger partial charge in [-0.15, -0.1) is 0 Å². The molecular weight excluding hydrogens is 324 g/mol. The van der Waals surface area contributed by atoms with Gasteiger partial charge in [-0.25, -0.2) is 12.7 Å². The number of fused-ring (bicyclic) bond motifs is 2. The molecule has 1 aromatic carbocycles. The molecule has 4 rings (SSSR count). The molecule has 2 aromatic rings. The normalized spacial score (nSPS) is 26.0. The van der Waals surface area contributed by atoms with Crippen LogP contribution in [0.3, 0.4) is 0 Å². The van der Waals surface area contributed by atoms with E-state index in [4.69, 9.17) is 11.6 Å². The number of anilines is 1. The lowest BCUT2D eigenvalue weighted by atomic mass is 10.0. The van der Waals surface area contributed by atoms with E-state index in [0.29, 0.717) is 29.9 Å². The Morgan fingerprint density at radius 3 is 2.55 bits per heavy atom. The number of nitrogens with one attached hydrogen (secondary N) is 1. The Kier molecular flexibility index (Phi) is 3.15. The van der Waals surface area contributed by atoms with Crippen molar-refractivity contribution in [3.63, 3.8) is 0 Å². The molecule has 0 spiro atoms. The standard InChI is InChI=1S/C14H17ClN4O2S/c1-22(20,21)19-7-9-5-18(6-10(9)8-19)14-3-11(15)2-13-12(14)4-16-17-13/h2-4,9-10H,5-8H2,1H3,(H,16,17)/t9-,10+. The minimum atomic E-state index is -3.08. The van der Waals surface area contributed by atoms with Gasteiger partial charge in [0.25, 0.3) is 0 Å². The topological polar surface area (TPSA) is 69.3 Å². The van der Waals surface area contributed by atoms with Gasteiger partial charge in [0.2, 0.25) is 10.0 Å². The van der Waals surface area contributed by atoms with Crippen LogP contribution in [0.4, 0.5) is 5.69 Å². The molecule has 2 atom stereocenters. The van der Waals surface area contributed by atoms with E-state index >= 15 is 0 Å². The van der Waals surface area contributed by atoms with E-state index in [1.807, 2.05) is 18.3 Å². The first-order valence-electron chi connectivity index (χ1n) is 7.24. The van der Waals surface area contributed by atoms with Crippen LogP contribution in [0.5, 0.6) is 0 Å². The van der Waals surface area contributed by atoms with Crippen LogP contribution < -0.4 is 4.90 Å². The largest absolute Gasteiger partial charge is 0.370 e. The maximum atomic E-state index is 11.7. The molecule has 2 saturated heterocycles. The molecule has 22 heavy (non-hydrogen) atoms. The summed E-state index contributed by atoms with van der Waals surface area (Å²) in [6.45, 7) is 2.96. The number of H-pyrrole nitrogens is 1. The summed E-state index contributed by atoms with van der Waals surface area (Å²) in [5.41, 5.74) is 2.01. The second kappa shape index (κ2) is 4.84. The Morgan fingerprint density at radius 1 is 1.23 bits per heavy atom. The molecule has 8 heteroatoms. The van der Waals surface area contributed by atoms with Crippen LogP contribution in [0, 0.1) is 11.8 Å². The van der Waals surface area contributed by atoms with Gasteiger partial charge in [0.1, 0.15) is 0 Å². The molecule has 3 heterocycles. The number of hydrogen-bond donors (Lipinski definition) is 1. The number of sulfonamides is 1. The quantitative estimate of drug-likeness (QED) is 0.900. The summed E-state index contributed by atoms with van der Waals surface area (Å²) in [6, 6.07) is 3.84. The fraction of sp³-hybridized carbons (Fsp3) is 0.500. The Labute approximate surface area is 134 Å². The highest BCUT2D eigenvalue weighted by Gasteiger charge is 2.43. The monoisotopic (exact) mass is 340 g/mol. The molecular formula is C14H17ClN4O2S. The minimum Gasteiger partial charge on any atom is -0.370 e. The summed E-state index contributed by atoms with van der Waals surface area (Å²) < 4.78 is 25.0. The van der Waals surface area contributed by atoms with Gasteiger partial charge in [-0.2, -0.15) is 5.10 Å². The second-order valence-electron chi connectivity index (χ2n) is 6.26. The molecule has 0 bridgehead atoms. The molecule has 118 valence electrons. The summed E-state index contributed by atoms with van der Waals surface area (Å²) in [6.07, 6.45) is 3.11. The summed E-state index contributed by atoms with van der Waals surface area (Å²) in [7, 11) is -3.08. The van der Waals surface area contributed by atoms with Gasteiger partial charge >= 0.3 is 0 Å². The average molecular weight is 341 g/mol. The molecule has 0 aliphatic carbocycles. The zero-order valence-electron chi connectivity index (χ0n) is 12.2. The fourth-order valence-corrected chi connectivity index (χ4v) is 4.81. The van der Waals surface area contributed by atoms with Gasteiger partial charge < -0.3 is 4.90 Å². The van der Waals surface area contributed by atoms with Crippen molar-refractivity contribution in [2.75, 3.05) is 37.3 Å². The third-order valence-corrected chi connectivity index (χ3v) is 6.22. The number of hydrogen-bond acceptors (Lipinski definition) is 4. The number of rotatable bonds is 2. The molecule has 2 fully saturated rings. The van der Waals surface area contributed by atoms with Gasteiger partial charge in [-0.05, 0) is 24.0 Å². The van der Waals surface area contributed by atoms with E-state index in [9.17, 15) is 8.42 Å². The van der Waals surface area contributed by atoms with E-state index in [1.165, 1.54) is 6.26 Å². The third-order valence-electron chi connectivity index (χ3n) is 4.76. The first-order chi connectivity index (χ1) is 10.4. The molecule has 6 nitrogen and oxygen atoms in total. The molecule has 0 amide bonds. The zero-order valence-corrected chi connectivity index (χ0v) is 13.7.